The Morgan fingerprint density at radius 3 is 2.37 bits per heavy atom. The van der Waals surface area contributed by atoms with Crippen molar-refractivity contribution in [3.8, 4) is 5.75 Å². The van der Waals surface area contributed by atoms with Crippen LogP contribution in [0.4, 0.5) is 0 Å². The van der Waals surface area contributed by atoms with E-state index in [2.05, 4.69) is 15.0 Å². The molecule has 0 spiro atoms. The zero-order chi connectivity index (χ0) is 21.3. The summed E-state index contributed by atoms with van der Waals surface area (Å²) in [5.41, 5.74) is 2.89. The van der Waals surface area contributed by atoms with Crippen LogP contribution in [0.5, 0.6) is 5.75 Å². The Morgan fingerprint density at radius 2 is 1.77 bits per heavy atom. The van der Waals surface area contributed by atoms with E-state index < -0.39 is 10.0 Å². The third-order valence-corrected chi connectivity index (χ3v) is 5.67. The molecule has 2 N–H and O–H groups in total. The highest BCUT2D eigenvalue weighted by Gasteiger charge is 2.10. The number of nitrogens with zero attached hydrogens (tertiary/aromatic N) is 2. The minimum atomic E-state index is -3.29. The number of benzene rings is 2. The van der Waals surface area contributed by atoms with E-state index in [0.717, 1.165) is 28.4 Å². The number of halogens is 1. The molecule has 0 aliphatic carbocycles. The molecule has 2 aromatic carbocycles. The molecule has 0 bridgehead atoms. The largest absolute Gasteiger partial charge is 0.494 e. The van der Waals surface area contributed by atoms with Crippen molar-refractivity contribution < 1.29 is 13.2 Å². The summed E-state index contributed by atoms with van der Waals surface area (Å²) < 4.78 is 31.3. The maximum atomic E-state index is 11.8. The first kappa shape index (κ1) is 26.2. The van der Waals surface area contributed by atoms with Crippen molar-refractivity contribution in [2.75, 3.05) is 27.7 Å². The second-order valence-electron chi connectivity index (χ2n) is 6.62. The molecule has 0 unspecified atom stereocenters. The summed E-state index contributed by atoms with van der Waals surface area (Å²) in [6.45, 7) is 3.87. The Balaban J connectivity index is 0.00000450. The molecule has 0 aromatic heterocycles. The van der Waals surface area contributed by atoms with Gasteiger partial charge in [0.1, 0.15) is 5.75 Å². The van der Waals surface area contributed by atoms with Crippen LogP contribution in [-0.4, -0.2) is 47.0 Å². The van der Waals surface area contributed by atoms with Crippen LogP contribution in [0.15, 0.2) is 53.5 Å². The molecule has 0 radical (unpaired) electrons. The highest BCUT2D eigenvalue weighted by molar-refractivity contribution is 14.0. The number of nitrogens with one attached hydrogen (secondary N) is 2. The van der Waals surface area contributed by atoms with Gasteiger partial charge in [-0.05, 0) is 42.8 Å². The lowest BCUT2D eigenvalue weighted by atomic mass is 10.1. The lowest BCUT2D eigenvalue weighted by Gasteiger charge is -2.22. The van der Waals surface area contributed by atoms with Gasteiger partial charge < -0.3 is 15.0 Å². The van der Waals surface area contributed by atoms with E-state index in [1.54, 1.807) is 7.05 Å². The minimum absolute atomic E-state index is 0. The molecule has 0 saturated heterocycles. The third-order valence-electron chi connectivity index (χ3n) is 4.34. The van der Waals surface area contributed by atoms with Crippen molar-refractivity contribution in [3.63, 3.8) is 0 Å². The molecule has 2 aromatic rings. The summed E-state index contributed by atoms with van der Waals surface area (Å²) in [4.78, 5) is 6.37. The fraction of sp³-hybridized carbons (Fsp3) is 0.381. The molecule has 0 fully saturated rings. The number of ether oxygens (including phenoxy) is 1. The number of guanidine groups is 1. The van der Waals surface area contributed by atoms with Gasteiger partial charge in [0.25, 0.3) is 0 Å². The monoisotopic (exact) mass is 546 g/mol. The molecular formula is C21H31IN4O3S. The van der Waals surface area contributed by atoms with Crippen molar-refractivity contribution in [2.24, 2.45) is 4.99 Å². The molecule has 0 atom stereocenters. The van der Waals surface area contributed by atoms with Crippen LogP contribution in [0, 0.1) is 0 Å². The lowest BCUT2D eigenvalue weighted by Crippen LogP contribution is -2.38. The second-order valence-corrected chi connectivity index (χ2v) is 8.54. The number of rotatable bonds is 9. The number of hydrogen-bond acceptors (Lipinski definition) is 4. The fourth-order valence-corrected chi connectivity index (χ4v) is 3.66. The SMILES string of the molecule is CCOc1ccc(CN(C)C(=NC)NCc2cccc(CS(=O)(=O)NC)c2)cc1.I. The molecule has 166 valence electrons. The number of hydrogen-bond donors (Lipinski definition) is 2. The van der Waals surface area contributed by atoms with Gasteiger partial charge in [0.05, 0.1) is 12.4 Å². The van der Waals surface area contributed by atoms with Crippen LogP contribution in [-0.2, 0) is 28.9 Å². The normalized spacial score (nSPS) is 11.5. The molecular weight excluding hydrogens is 515 g/mol. The molecule has 7 nitrogen and oxygen atoms in total. The fourth-order valence-electron chi connectivity index (χ4n) is 2.89. The summed E-state index contributed by atoms with van der Waals surface area (Å²) in [6, 6.07) is 15.5. The van der Waals surface area contributed by atoms with Gasteiger partial charge in [0.2, 0.25) is 10.0 Å². The van der Waals surface area contributed by atoms with Crippen molar-refractivity contribution in [3.05, 3.63) is 65.2 Å². The van der Waals surface area contributed by atoms with Crippen LogP contribution in [0.2, 0.25) is 0 Å². The van der Waals surface area contributed by atoms with E-state index in [1.807, 2.05) is 67.4 Å². The Bertz CT molecular complexity index is 918. The van der Waals surface area contributed by atoms with Crippen molar-refractivity contribution in [2.45, 2.75) is 25.8 Å². The first-order valence-corrected chi connectivity index (χ1v) is 11.1. The molecule has 0 heterocycles. The molecule has 9 heteroatoms. The molecule has 0 saturated carbocycles. The maximum Gasteiger partial charge on any atom is 0.215 e. The summed E-state index contributed by atoms with van der Waals surface area (Å²) in [5, 5.41) is 3.33. The second kappa shape index (κ2) is 12.8. The van der Waals surface area contributed by atoms with Gasteiger partial charge >= 0.3 is 0 Å². The van der Waals surface area contributed by atoms with Gasteiger partial charge in [-0.15, -0.1) is 24.0 Å². The van der Waals surface area contributed by atoms with E-state index >= 15 is 0 Å². The van der Waals surface area contributed by atoms with Crippen LogP contribution in [0.25, 0.3) is 0 Å². The summed E-state index contributed by atoms with van der Waals surface area (Å²) >= 11 is 0. The van der Waals surface area contributed by atoms with E-state index in [9.17, 15) is 8.42 Å². The molecule has 2 rings (SSSR count). The average Bonchev–Trinajstić information content (AvgIpc) is 2.70. The van der Waals surface area contributed by atoms with Crippen LogP contribution in [0.3, 0.4) is 0 Å². The predicted molar refractivity (Wildman–Crippen MR) is 133 cm³/mol. The van der Waals surface area contributed by atoms with E-state index in [0.29, 0.717) is 19.7 Å². The summed E-state index contributed by atoms with van der Waals surface area (Å²) in [7, 11) is 1.85. The third kappa shape index (κ3) is 8.49. The van der Waals surface area contributed by atoms with Crippen molar-refractivity contribution >= 4 is 40.0 Å². The van der Waals surface area contributed by atoms with E-state index in [1.165, 1.54) is 7.05 Å². The van der Waals surface area contributed by atoms with E-state index in [4.69, 9.17) is 4.74 Å². The summed E-state index contributed by atoms with van der Waals surface area (Å²) in [6.07, 6.45) is 0. The zero-order valence-electron chi connectivity index (χ0n) is 17.9. The standard InChI is InChI=1S/C21H30N4O3S.HI/c1-5-28-20-11-9-17(10-12-20)15-25(4)21(22-2)24-14-18-7-6-8-19(13-18)16-29(26,27)23-3;/h6-13,23H,5,14-16H2,1-4H3,(H,22,24);1H. The van der Waals surface area contributed by atoms with Crippen LogP contribution < -0.4 is 14.8 Å². The van der Waals surface area contributed by atoms with Gasteiger partial charge in [-0.1, -0.05) is 36.4 Å². The quantitative estimate of drug-likeness (QED) is 0.287. The van der Waals surface area contributed by atoms with Crippen molar-refractivity contribution in [1.82, 2.24) is 14.9 Å². The Morgan fingerprint density at radius 1 is 1.10 bits per heavy atom. The highest BCUT2D eigenvalue weighted by atomic mass is 127. The topological polar surface area (TPSA) is 83.0 Å². The predicted octanol–water partition coefficient (Wildman–Crippen LogP) is 2.96. The molecule has 0 aliphatic rings. The van der Waals surface area contributed by atoms with Gasteiger partial charge in [-0.25, -0.2) is 13.1 Å². The molecule has 30 heavy (non-hydrogen) atoms. The van der Waals surface area contributed by atoms with E-state index in [-0.39, 0.29) is 29.7 Å². The van der Waals surface area contributed by atoms with Crippen molar-refractivity contribution in [1.29, 1.82) is 0 Å². The van der Waals surface area contributed by atoms with Gasteiger partial charge in [0.15, 0.2) is 5.96 Å². The Labute approximate surface area is 197 Å². The maximum absolute atomic E-state index is 11.8. The smallest absolute Gasteiger partial charge is 0.215 e. The van der Waals surface area contributed by atoms with Gasteiger partial charge in [-0.2, -0.15) is 0 Å². The molecule has 0 amide bonds. The minimum Gasteiger partial charge on any atom is -0.494 e. The summed E-state index contributed by atoms with van der Waals surface area (Å²) in [5.74, 6) is 1.58. The first-order valence-electron chi connectivity index (χ1n) is 9.49. The van der Waals surface area contributed by atoms with Crippen LogP contribution >= 0.6 is 24.0 Å². The number of aliphatic imine (C=N–C) groups is 1. The number of sulfonamides is 1. The molecule has 0 aliphatic heterocycles. The first-order chi connectivity index (χ1) is 13.9. The Kier molecular flexibility index (Phi) is 11.1. The lowest BCUT2D eigenvalue weighted by molar-refractivity contribution is 0.340. The van der Waals surface area contributed by atoms with Gasteiger partial charge in [-0.3, -0.25) is 4.99 Å². The zero-order valence-corrected chi connectivity index (χ0v) is 21.0. The average molecular weight is 546 g/mol. The van der Waals surface area contributed by atoms with Crippen LogP contribution in [0.1, 0.15) is 23.6 Å². The Hall–Kier alpha value is -1.85. The van der Waals surface area contributed by atoms with Gasteiger partial charge in [0, 0.05) is 27.2 Å². The highest BCUT2D eigenvalue weighted by Crippen LogP contribution is 2.13.